The first-order valence-electron chi connectivity index (χ1n) is 31.5. The summed E-state index contributed by atoms with van der Waals surface area (Å²) >= 11 is 0. The van der Waals surface area contributed by atoms with E-state index in [1.165, 1.54) is 263 Å². The van der Waals surface area contributed by atoms with Gasteiger partial charge in [0.1, 0.15) is 19.3 Å². The van der Waals surface area contributed by atoms with Crippen LogP contribution < -0.4 is 10.2 Å². The van der Waals surface area contributed by atoms with Crippen LogP contribution >= 0.6 is 7.82 Å². The van der Waals surface area contributed by atoms with Crippen LogP contribution in [0.25, 0.3) is 0 Å². The number of rotatable bonds is 59. The van der Waals surface area contributed by atoms with Gasteiger partial charge in [-0.15, -0.1) is 0 Å². The van der Waals surface area contributed by atoms with Gasteiger partial charge in [0.25, 0.3) is 7.82 Å². The second kappa shape index (κ2) is 52.9. The van der Waals surface area contributed by atoms with Gasteiger partial charge in [-0.2, -0.15) is 0 Å². The number of amides is 1. The Labute approximate surface area is 442 Å². The molecule has 0 aliphatic heterocycles. The second-order valence-electron chi connectivity index (χ2n) is 23.3. The first-order chi connectivity index (χ1) is 34.4. The molecule has 426 valence electrons. The number of aliphatic hydroxyl groups is 2. The highest BCUT2D eigenvalue weighted by atomic mass is 31.2. The molecule has 3 N–H and O–H groups in total. The molecule has 0 aromatic carbocycles. The van der Waals surface area contributed by atoms with Gasteiger partial charge in [0, 0.05) is 6.42 Å². The van der Waals surface area contributed by atoms with E-state index >= 15 is 0 Å². The maximum atomic E-state index is 13.0. The summed E-state index contributed by atoms with van der Waals surface area (Å²) in [5, 5.41) is 24.8. The maximum absolute atomic E-state index is 13.0. The highest BCUT2D eigenvalue weighted by Crippen LogP contribution is 2.38. The zero-order chi connectivity index (χ0) is 52.2. The van der Waals surface area contributed by atoms with Crippen molar-refractivity contribution in [1.29, 1.82) is 0 Å². The quantitative estimate of drug-likeness (QED) is 0.0314. The monoisotopic (exact) mass is 1030 g/mol. The van der Waals surface area contributed by atoms with E-state index in [4.69, 9.17) is 9.05 Å². The molecule has 0 aromatic rings. The predicted molar refractivity (Wildman–Crippen MR) is 304 cm³/mol. The first-order valence-corrected chi connectivity index (χ1v) is 32.9. The smallest absolute Gasteiger partial charge is 0.268 e. The number of carbonyl (C=O) groups excluding carboxylic acids is 1. The van der Waals surface area contributed by atoms with Crippen molar-refractivity contribution in [2.75, 3.05) is 40.9 Å². The fourth-order valence-corrected chi connectivity index (χ4v) is 10.7. The Hall–Kier alpha value is -0.540. The van der Waals surface area contributed by atoms with Gasteiger partial charge in [0.15, 0.2) is 0 Å². The molecule has 0 heterocycles. The average molecular weight is 1030 g/mol. The van der Waals surface area contributed by atoms with Crippen LogP contribution in [0.2, 0.25) is 0 Å². The molecule has 10 heteroatoms. The molecular formula is C61H125N2O7P. The van der Waals surface area contributed by atoms with Crippen LogP contribution in [0.1, 0.15) is 328 Å². The molecule has 71 heavy (non-hydrogen) atoms. The number of aliphatic hydroxyl groups excluding tert-OH is 2. The second-order valence-corrected chi connectivity index (χ2v) is 24.7. The van der Waals surface area contributed by atoms with Crippen molar-refractivity contribution in [3.63, 3.8) is 0 Å². The van der Waals surface area contributed by atoms with Crippen molar-refractivity contribution in [2.24, 2.45) is 0 Å². The number of hydrogen-bond donors (Lipinski definition) is 3. The summed E-state index contributed by atoms with van der Waals surface area (Å²) in [5.41, 5.74) is 0. The Morgan fingerprint density at radius 3 is 1.00 bits per heavy atom. The van der Waals surface area contributed by atoms with Crippen molar-refractivity contribution >= 4 is 13.7 Å². The third-order valence-electron chi connectivity index (χ3n) is 14.9. The minimum absolute atomic E-state index is 0.0365. The van der Waals surface area contributed by atoms with E-state index in [-0.39, 0.29) is 18.9 Å². The normalized spacial score (nSPS) is 14.2. The molecule has 0 saturated carbocycles. The number of nitrogens with one attached hydrogen (secondary N) is 1. The Morgan fingerprint density at radius 2 is 0.718 bits per heavy atom. The molecule has 0 rings (SSSR count). The zero-order valence-corrected chi connectivity index (χ0v) is 49.2. The summed E-state index contributed by atoms with van der Waals surface area (Å²) in [5.74, 6) is -0.270. The number of unbranched alkanes of at least 4 members (excludes halogenated alkanes) is 45. The standard InChI is InChI=1S/C61H125N2O7P/c1-6-8-10-12-14-16-18-20-21-22-23-24-25-26-27-28-29-30-31-32-33-34-35-36-37-38-39-40-41-42-44-46-48-50-52-54-60(65)62-58(57-70-71(67,68)69-56-55-63(3,4)5)61(66)59(64)53-51-49-47-45-43-19-17-15-13-11-9-7-2/h58-59,61,64,66H,6-57H2,1-5H3,(H-,62,65,67,68). The van der Waals surface area contributed by atoms with E-state index in [9.17, 15) is 24.5 Å². The van der Waals surface area contributed by atoms with Crippen LogP contribution in [0.4, 0.5) is 0 Å². The third kappa shape index (κ3) is 54.1. The van der Waals surface area contributed by atoms with Gasteiger partial charge in [-0.05, 0) is 12.8 Å². The lowest BCUT2D eigenvalue weighted by atomic mass is 9.99. The lowest BCUT2D eigenvalue weighted by Gasteiger charge is -2.31. The molecule has 4 atom stereocenters. The van der Waals surface area contributed by atoms with Gasteiger partial charge in [-0.25, -0.2) is 0 Å². The average Bonchev–Trinajstić information content (AvgIpc) is 3.33. The fourth-order valence-electron chi connectivity index (χ4n) is 9.97. The van der Waals surface area contributed by atoms with Crippen LogP contribution in [0.3, 0.4) is 0 Å². The van der Waals surface area contributed by atoms with Gasteiger partial charge in [0.05, 0.1) is 39.9 Å². The SMILES string of the molecule is CCCCCCCCCCCCCCCCCCCCCCCCCCCCCCCCCCCCCC(=O)NC(COP(=O)([O-])OCC[N+](C)(C)C)C(O)C(O)CCCCCCCCCCCCCC. The summed E-state index contributed by atoms with van der Waals surface area (Å²) in [6.45, 7) is 4.49. The fraction of sp³-hybridized carbons (Fsp3) is 0.984. The minimum atomic E-state index is -4.67. The van der Waals surface area contributed by atoms with E-state index in [1.54, 1.807) is 0 Å². The molecule has 9 nitrogen and oxygen atoms in total. The Bertz CT molecular complexity index is 1140. The minimum Gasteiger partial charge on any atom is -0.756 e. The first kappa shape index (κ1) is 70.5. The Morgan fingerprint density at radius 1 is 0.451 bits per heavy atom. The molecule has 0 saturated heterocycles. The summed E-state index contributed by atoms with van der Waals surface area (Å²) in [4.78, 5) is 25.5. The van der Waals surface area contributed by atoms with Crippen LogP contribution in [0.15, 0.2) is 0 Å². The van der Waals surface area contributed by atoms with E-state index < -0.39 is 32.7 Å². The van der Waals surface area contributed by atoms with Crippen molar-refractivity contribution in [3.8, 4) is 0 Å². The number of likely N-dealkylation sites (N-methyl/N-ethyl adjacent to an activating group) is 1. The van der Waals surface area contributed by atoms with Crippen LogP contribution in [0.5, 0.6) is 0 Å². The van der Waals surface area contributed by atoms with Crippen LogP contribution in [-0.2, 0) is 18.4 Å². The molecule has 0 radical (unpaired) electrons. The van der Waals surface area contributed by atoms with E-state index in [0.29, 0.717) is 17.4 Å². The van der Waals surface area contributed by atoms with Crippen LogP contribution in [-0.4, -0.2) is 79.8 Å². The molecule has 0 bridgehead atoms. The zero-order valence-electron chi connectivity index (χ0n) is 48.3. The third-order valence-corrected chi connectivity index (χ3v) is 15.9. The summed E-state index contributed by atoms with van der Waals surface area (Å²) in [7, 11) is 1.14. The Balaban J connectivity index is 3.94. The van der Waals surface area contributed by atoms with E-state index in [2.05, 4.69) is 19.2 Å². The molecule has 4 unspecified atom stereocenters. The Kier molecular flexibility index (Phi) is 52.5. The molecule has 0 aliphatic carbocycles. The van der Waals surface area contributed by atoms with Crippen molar-refractivity contribution in [1.82, 2.24) is 5.32 Å². The number of hydrogen-bond acceptors (Lipinski definition) is 7. The van der Waals surface area contributed by atoms with Crippen molar-refractivity contribution < 1.29 is 38.0 Å². The topological polar surface area (TPSA) is 128 Å². The largest absolute Gasteiger partial charge is 0.756 e. The van der Waals surface area contributed by atoms with Gasteiger partial charge in [-0.3, -0.25) is 9.36 Å². The van der Waals surface area contributed by atoms with Crippen molar-refractivity contribution in [3.05, 3.63) is 0 Å². The highest BCUT2D eigenvalue weighted by Gasteiger charge is 2.29. The maximum Gasteiger partial charge on any atom is 0.268 e. The number of carbonyl (C=O) groups is 1. The van der Waals surface area contributed by atoms with Gasteiger partial charge >= 0.3 is 0 Å². The van der Waals surface area contributed by atoms with E-state index in [1.807, 2.05) is 21.1 Å². The number of phosphoric ester groups is 1. The summed E-state index contributed by atoms with van der Waals surface area (Å²) < 4.78 is 23.3. The van der Waals surface area contributed by atoms with Crippen molar-refractivity contribution in [2.45, 2.75) is 347 Å². The molecular weight excluding hydrogens is 904 g/mol. The number of quaternary nitrogens is 1. The lowest BCUT2D eigenvalue weighted by Crippen LogP contribution is -2.51. The number of phosphoric acid groups is 1. The van der Waals surface area contributed by atoms with E-state index in [0.717, 1.165) is 38.5 Å². The highest BCUT2D eigenvalue weighted by molar-refractivity contribution is 7.45. The molecule has 1 amide bonds. The molecule has 0 fully saturated rings. The molecule has 0 aromatic heterocycles. The molecule has 0 spiro atoms. The summed E-state index contributed by atoms with van der Waals surface area (Å²) in [6, 6.07) is -1.07. The number of nitrogens with zero attached hydrogens (tertiary/aromatic N) is 1. The van der Waals surface area contributed by atoms with Gasteiger partial charge in [-0.1, -0.05) is 309 Å². The molecule has 0 aliphatic rings. The summed E-state index contributed by atoms with van der Waals surface area (Å²) in [6.07, 6.45) is 60.6. The van der Waals surface area contributed by atoms with Crippen LogP contribution in [0, 0.1) is 0 Å². The van der Waals surface area contributed by atoms with Gasteiger partial charge < -0.3 is 34.0 Å². The predicted octanol–water partition coefficient (Wildman–Crippen LogP) is 17.6. The lowest BCUT2D eigenvalue weighted by molar-refractivity contribution is -0.870. The van der Waals surface area contributed by atoms with Gasteiger partial charge in [0.2, 0.25) is 5.91 Å².